The molecule has 1 aromatic heterocycles. The molecule has 5 heteroatoms. The summed E-state index contributed by atoms with van der Waals surface area (Å²) in [6, 6.07) is 0.821. The molecule has 0 spiro atoms. The lowest BCUT2D eigenvalue weighted by Crippen LogP contribution is -2.28. The Balaban J connectivity index is 1.90. The maximum Gasteiger partial charge on any atom is 0.335 e. The summed E-state index contributed by atoms with van der Waals surface area (Å²) >= 11 is 0. The van der Waals surface area contributed by atoms with E-state index < -0.39 is 0 Å². The molecule has 1 unspecified atom stereocenters. The van der Waals surface area contributed by atoms with Crippen molar-refractivity contribution >= 4 is 0 Å². The van der Waals surface area contributed by atoms with Crippen LogP contribution in [0.3, 0.4) is 0 Å². The van der Waals surface area contributed by atoms with E-state index in [4.69, 9.17) is 4.74 Å². The van der Waals surface area contributed by atoms with Crippen molar-refractivity contribution < 1.29 is 4.74 Å². The zero-order valence-electron chi connectivity index (χ0n) is 9.16. The zero-order chi connectivity index (χ0) is 10.7. The minimum absolute atomic E-state index is 0.381. The molecule has 0 bridgehead atoms. The van der Waals surface area contributed by atoms with Crippen LogP contribution in [-0.4, -0.2) is 34.4 Å². The summed E-state index contributed by atoms with van der Waals surface area (Å²) in [5.74, 6) is 0. The van der Waals surface area contributed by atoms with Crippen molar-refractivity contribution in [2.45, 2.75) is 32.7 Å². The van der Waals surface area contributed by atoms with E-state index in [1.807, 2.05) is 13.8 Å². The maximum absolute atomic E-state index is 5.48. The number of rotatable bonds is 3. The van der Waals surface area contributed by atoms with Crippen LogP contribution >= 0.6 is 0 Å². The highest BCUT2D eigenvalue weighted by atomic mass is 16.5. The topological polar surface area (TPSA) is 59.9 Å². The summed E-state index contributed by atoms with van der Waals surface area (Å²) in [5.41, 5.74) is 1.72. The van der Waals surface area contributed by atoms with Crippen molar-refractivity contribution in [1.29, 1.82) is 0 Å². The van der Waals surface area contributed by atoms with Gasteiger partial charge in [0.2, 0.25) is 0 Å². The molecule has 5 nitrogen and oxygen atoms in total. The Morgan fingerprint density at radius 1 is 1.33 bits per heavy atom. The van der Waals surface area contributed by atoms with Gasteiger partial charge in [-0.15, -0.1) is 5.10 Å². The SMILES string of the molecule is Cc1nnc(OCC2CCCN2)nc1C. The van der Waals surface area contributed by atoms with Crippen LogP contribution in [0.5, 0.6) is 6.01 Å². The van der Waals surface area contributed by atoms with E-state index in [9.17, 15) is 0 Å². The van der Waals surface area contributed by atoms with E-state index in [1.165, 1.54) is 6.42 Å². The molecule has 0 radical (unpaired) electrons. The third-order valence-electron chi connectivity index (χ3n) is 2.65. The fourth-order valence-corrected chi connectivity index (χ4v) is 1.57. The van der Waals surface area contributed by atoms with Crippen molar-refractivity contribution in [2.75, 3.05) is 13.2 Å². The Kier molecular flexibility index (Phi) is 3.11. The number of hydrogen-bond acceptors (Lipinski definition) is 5. The Bertz CT molecular complexity index is 336. The molecule has 0 aliphatic carbocycles. The van der Waals surface area contributed by atoms with Crippen LogP contribution in [0, 0.1) is 13.8 Å². The maximum atomic E-state index is 5.48. The van der Waals surface area contributed by atoms with E-state index in [2.05, 4.69) is 20.5 Å². The predicted molar refractivity (Wildman–Crippen MR) is 55.8 cm³/mol. The lowest BCUT2D eigenvalue weighted by Gasteiger charge is -2.10. The normalized spacial score (nSPS) is 20.5. The van der Waals surface area contributed by atoms with E-state index in [-0.39, 0.29) is 0 Å². The fourth-order valence-electron chi connectivity index (χ4n) is 1.57. The van der Waals surface area contributed by atoms with Crippen LogP contribution in [0.2, 0.25) is 0 Å². The molecule has 1 aliphatic rings. The van der Waals surface area contributed by atoms with Crippen molar-refractivity contribution in [3.05, 3.63) is 11.4 Å². The Labute approximate surface area is 89.3 Å². The number of aryl methyl sites for hydroxylation is 2. The number of hydrogen-bond donors (Lipinski definition) is 1. The molecule has 2 rings (SSSR count). The predicted octanol–water partition coefficient (Wildman–Crippen LogP) is 0.619. The smallest absolute Gasteiger partial charge is 0.335 e. The van der Waals surface area contributed by atoms with Gasteiger partial charge in [-0.25, -0.2) is 0 Å². The van der Waals surface area contributed by atoms with Gasteiger partial charge in [0.1, 0.15) is 6.61 Å². The summed E-state index contributed by atoms with van der Waals surface area (Å²) in [6.45, 7) is 5.51. The van der Waals surface area contributed by atoms with Gasteiger partial charge < -0.3 is 10.1 Å². The highest BCUT2D eigenvalue weighted by molar-refractivity contribution is 5.07. The van der Waals surface area contributed by atoms with Crippen LogP contribution in [0.1, 0.15) is 24.2 Å². The minimum Gasteiger partial charge on any atom is -0.461 e. The molecule has 1 aliphatic heterocycles. The monoisotopic (exact) mass is 208 g/mol. The highest BCUT2D eigenvalue weighted by Gasteiger charge is 2.15. The fraction of sp³-hybridized carbons (Fsp3) is 0.700. The van der Waals surface area contributed by atoms with E-state index in [0.29, 0.717) is 18.7 Å². The average Bonchev–Trinajstić information content (AvgIpc) is 2.73. The van der Waals surface area contributed by atoms with Gasteiger partial charge >= 0.3 is 6.01 Å². The van der Waals surface area contributed by atoms with Gasteiger partial charge in [-0.3, -0.25) is 0 Å². The van der Waals surface area contributed by atoms with Crippen LogP contribution in [0.25, 0.3) is 0 Å². The largest absolute Gasteiger partial charge is 0.461 e. The second-order valence-corrected chi connectivity index (χ2v) is 3.87. The number of nitrogens with zero attached hydrogens (tertiary/aromatic N) is 3. The van der Waals surface area contributed by atoms with Gasteiger partial charge in [0, 0.05) is 6.04 Å². The van der Waals surface area contributed by atoms with E-state index >= 15 is 0 Å². The van der Waals surface area contributed by atoms with Gasteiger partial charge in [-0.05, 0) is 33.2 Å². The Morgan fingerprint density at radius 2 is 2.20 bits per heavy atom. The zero-order valence-corrected chi connectivity index (χ0v) is 9.16. The summed E-state index contributed by atoms with van der Waals surface area (Å²) < 4.78 is 5.48. The molecular formula is C10H16N4O. The molecule has 2 heterocycles. The lowest BCUT2D eigenvalue weighted by molar-refractivity contribution is 0.253. The van der Waals surface area contributed by atoms with Crippen molar-refractivity contribution in [2.24, 2.45) is 0 Å². The molecule has 1 N–H and O–H groups in total. The van der Waals surface area contributed by atoms with Crippen LogP contribution in [0.15, 0.2) is 0 Å². The van der Waals surface area contributed by atoms with Crippen LogP contribution in [-0.2, 0) is 0 Å². The van der Waals surface area contributed by atoms with Gasteiger partial charge in [0.05, 0.1) is 11.4 Å². The van der Waals surface area contributed by atoms with Gasteiger partial charge in [-0.1, -0.05) is 5.10 Å². The first-order valence-electron chi connectivity index (χ1n) is 5.30. The molecule has 0 aromatic carbocycles. The van der Waals surface area contributed by atoms with Crippen LogP contribution < -0.4 is 10.1 Å². The number of ether oxygens (including phenoxy) is 1. The van der Waals surface area contributed by atoms with E-state index in [1.54, 1.807) is 0 Å². The molecule has 82 valence electrons. The van der Waals surface area contributed by atoms with Gasteiger partial charge in [0.15, 0.2) is 0 Å². The first-order chi connectivity index (χ1) is 7.25. The minimum atomic E-state index is 0.381. The molecular weight excluding hydrogens is 192 g/mol. The van der Waals surface area contributed by atoms with Gasteiger partial charge in [-0.2, -0.15) is 4.98 Å². The molecule has 0 amide bonds. The van der Waals surface area contributed by atoms with Gasteiger partial charge in [0.25, 0.3) is 0 Å². The van der Waals surface area contributed by atoms with E-state index in [0.717, 1.165) is 24.4 Å². The second kappa shape index (κ2) is 4.53. The lowest BCUT2D eigenvalue weighted by atomic mass is 10.2. The molecule has 15 heavy (non-hydrogen) atoms. The molecule has 0 saturated carbocycles. The third-order valence-corrected chi connectivity index (χ3v) is 2.65. The summed E-state index contributed by atoms with van der Waals surface area (Å²) in [7, 11) is 0. The average molecular weight is 208 g/mol. The van der Waals surface area contributed by atoms with Crippen molar-refractivity contribution in [3.63, 3.8) is 0 Å². The van der Waals surface area contributed by atoms with Crippen LogP contribution in [0.4, 0.5) is 0 Å². The standard InChI is InChI=1S/C10H16N4O/c1-7-8(2)13-14-10(12-7)15-6-9-4-3-5-11-9/h9,11H,3-6H2,1-2H3. The third kappa shape index (κ3) is 2.62. The molecule has 1 aromatic rings. The summed E-state index contributed by atoms with van der Waals surface area (Å²) in [4.78, 5) is 4.21. The first-order valence-corrected chi connectivity index (χ1v) is 5.30. The Morgan fingerprint density at radius 3 is 2.87 bits per heavy atom. The van der Waals surface area contributed by atoms with Crippen molar-refractivity contribution in [1.82, 2.24) is 20.5 Å². The summed E-state index contributed by atoms with van der Waals surface area (Å²) in [6.07, 6.45) is 2.39. The Hall–Kier alpha value is -1.23. The molecule has 1 fully saturated rings. The number of aromatic nitrogens is 3. The first kappa shape index (κ1) is 10.3. The summed E-state index contributed by atoms with van der Waals surface area (Å²) in [5, 5.41) is 11.2. The van der Waals surface area contributed by atoms with Crippen molar-refractivity contribution in [3.8, 4) is 6.01 Å². The number of nitrogens with one attached hydrogen (secondary N) is 1. The second-order valence-electron chi connectivity index (χ2n) is 3.87. The quantitative estimate of drug-likeness (QED) is 0.789. The molecule has 1 atom stereocenters. The molecule has 1 saturated heterocycles. The highest BCUT2D eigenvalue weighted by Crippen LogP contribution is 2.08.